The minimum absolute atomic E-state index is 0.0845. The van der Waals surface area contributed by atoms with Crippen LogP contribution in [0.2, 0.25) is 0 Å². The first-order valence-electron chi connectivity index (χ1n) is 5.68. The van der Waals surface area contributed by atoms with E-state index in [2.05, 4.69) is 34.1 Å². The van der Waals surface area contributed by atoms with Crippen molar-refractivity contribution in [3.05, 3.63) is 38.3 Å². The lowest BCUT2D eigenvalue weighted by Gasteiger charge is -2.14. The molecule has 0 aromatic heterocycles. The van der Waals surface area contributed by atoms with Crippen molar-refractivity contribution in [2.45, 2.75) is 32.4 Å². The van der Waals surface area contributed by atoms with Crippen molar-refractivity contribution in [1.82, 2.24) is 5.32 Å². The van der Waals surface area contributed by atoms with E-state index in [0.29, 0.717) is 13.0 Å². The lowest BCUT2D eigenvalue weighted by molar-refractivity contribution is -0.384. The third-order valence-electron chi connectivity index (χ3n) is 2.69. The quantitative estimate of drug-likeness (QED) is 0.498. The molecule has 0 aliphatic carbocycles. The molecule has 4 nitrogen and oxygen atoms in total. The highest BCUT2D eigenvalue weighted by Gasteiger charge is 2.10. The molecule has 0 saturated carbocycles. The van der Waals surface area contributed by atoms with Crippen molar-refractivity contribution >= 4 is 21.6 Å². The molecule has 0 amide bonds. The molecule has 0 heterocycles. The maximum absolute atomic E-state index is 10.6. The number of nitro benzene ring substituents is 1. The van der Waals surface area contributed by atoms with E-state index in [-0.39, 0.29) is 11.7 Å². The van der Waals surface area contributed by atoms with Crippen molar-refractivity contribution < 1.29 is 4.92 Å². The number of halogens is 1. The van der Waals surface area contributed by atoms with E-state index < -0.39 is 4.92 Å². The molecule has 0 spiro atoms. The number of nitro groups is 1. The van der Waals surface area contributed by atoms with Crippen molar-refractivity contribution in [2.24, 2.45) is 0 Å². The Morgan fingerprint density at radius 3 is 2.83 bits per heavy atom. The highest BCUT2D eigenvalue weighted by atomic mass is 79.9. The molecular formula is C13H15BrN2O2. The second-order valence-electron chi connectivity index (χ2n) is 3.93. The van der Waals surface area contributed by atoms with Crippen LogP contribution in [0.1, 0.15) is 25.3 Å². The number of terminal acetylenes is 1. The maximum atomic E-state index is 10.6. The normalized spacial score (nSPS) is 11.8. The van der Waals surface area contributed by atoms with Gasteiger partial charge in [0.05, 0.1) is 4.92 Å². The van der Waals surface area contributed by atoms with E-state index >= 15 is 0 Å². The van der Waals surface area contributed by atoms with Gasteiger partial charge in [-0.25, -0.2) is 0 Å². The van der Waals surface area contributed by atoms with Crippen LogP contribution in [0.5, 0.6) is 0 Å². The van der Waals surface area contributed by atoms with Crippen LogP contribution in [0.3, 0.4) is 0 Å². The topological polar surface area (TPSA) is 55.2 Å². The van der Waals surface area contributed by atoms with E-state index in [4.69, 9.17) is 6.42 Å². The molecule has 18 heavy (non-hydrogen) atoms. The highest BCUT2D eigenvalue weighted by molar-refractivity contribution is 9.10. The summed E-state index contributed by atoms with van der Waals surface area (Å²) in [5.41, 5.74) is 1.07. The molecule has 0 aliphatic rings. The smallest absolute Gasteiger partial charge is 0.270 e. The zero-order chi connectivity index (χ0) is 13.5. The summed E-state index contributed by atoms with van der Waals surface area (Å²) in [6, 6.07) is 5.04. The Bertz CT molecular complexity index is 469. The van der Waals surface area contributed by atoms with Crippen molar-refractivity contribution in [1.29, 1.82) is 0 Å². The molecule has 0 radical (unpaired) electrons. The molecule has 0 bridgehead atoms. The number of non-ortho nitro benzene ring substituents is 1. The van der Waals surface area contributed by atoms with Gasteiger partial charge in [-0.2, -0.15) is 0 Å². The average molecular weight is 311 g/mol. The van der Waals surface area contributed by atoms with Crippen LogP contribution in [0, 0.1) is 22.5 Å². The Morgan fingerprint density at radius 1 is 1.61 bits per heavy atom. The average Bonchev–Trinajstić information content (AvgIpc) is 2.35. The van der Waals surface area contributed by atoms with Gasteiger partial charge >= 0.3 is 0 Å². The highest BCUT2D eigenvalue weighted by Crippen LogP contribution is 2.23. The summed E-state index contributed by atoms with van der Waals surface area (Å²) >= 11 is 3.34. The van der Waals surface area contributed by atoms with E-state index in [1.54, 1.807) is 6.07 Å². The van der Waals surface area contributed by atoms with Crippen LogP contribution in [0.4, 0.5) is 5.69 Å². The summed E-state index contributed by atoms with van der Waals surface area (Å²) in [5.74, 6) is 2.63. The van der Waals surface area contributed by atoms with Gasteiger partial charge in [0.1, 0.15) is 0 Å². The fraction of sp³-hybridized carbons (Fsp3) is 0.385. The molecule has 1 aromatic carbocycles. The first-order valence-corrected chi connectivity index (χ1v) is 6.47. The fourth-order valence-electron chi connectivity index (χ4n) is 1.55. The van der Waals surface area contributed by atoms with E-state index in [9.17, 15) is 10.1 Å². The van der Waals surface area contributed by atoms with Gasteiger partial charge in [-0.05, 0) is 18.1 Å². The first kappa shape index (κ1) is 14.7. The van der Waals surface area contributed by atoms with Gasteiger partial charge in [0.25, 0.3) is 5.69 Å². The third-order valence-corrected chi connectivity index (χ3v) is 3.42. The SMILES string of the molecule is C#CCC(CC)NCc1ccc([N+](=O)[O-])cc1Br. The van der Waals surface area contributed by atoms with E-state index in [0.717, 1.165) is 16.5 Å². The lowest BCUT2D eigenvalue weighted by Crippen LogP contribution is -2.27. The number of benzene rings is 1. The summed E-state index contributed by atoms with van der Waals surface area (Å²) in [4.78, 5) is 10.2. The van der Waals surface area contributed by atoms with Crippen LogP contribution in [-0.2, 0) is 6.54 Å². The van der Waals surface area contributed by atoms with E-state index in [1.165, 1.54) is 12.1 Å². The molecule has 1 aromatic rings. The first-order chi connectivity index (χ1) is 8.58. The predicted molar refractivity (Wildman–Crippen MR) is 75.2 cm³/mol. The van der Waals surface area contributed by atoms with Gasteiger partial charge in [0.2, 0.25) is 0 Å². The Labute approximate surface area is 115 Å². The van der Waals surface area contributed by atoms with Gasteiger partial charge in [-0.3, -0.25) is 10.1 Å². The van der Waals surface area contributed by atoms with Crippen molar-refractivity contribution in [3.8, 4) is 12.3 Å². The Morgan fingerprint density at radius 2 is 2.33 bits per heavy atom. The monoisotopic (exact) mass is 310 g/mol. The Kier molecular flexibility index (Phi) is 5.83. The number of nitrogens with zero attached hydrogens (tertiary/aromatic N) is 1. The molecule has 1 unspecified atom stereocenters. The van der Waals surface area contributed by atoms with Gasteiger partial charge in [0, 0.05) is 35.6 Å². The number of rotatable bonds is 6. The van der Waals surface area contributed by atoms with Crippen molar-refractivity contribution in [3.63, 3.8) is 0 Å². The zero-order valence-electron chi connectivity index (χ0n) is 10.1. The molecule has 1 rings (SSSR count). The standard InChI is InChI=1S/C13H15BrN2O2/c1-3-5-11(4-2)15-9-10-6-7-12(16(17)18)8-13(10)14/h1,6-8,11,15H,4-5,9H2,2H3. The predicted octanol–water partition coefficient (Wildman–Crippen LogP) is 3.25. The molecule has 1 N–H and O–H groups in total. The molecule has 0 fully saturated rings. The fourth-order valence-corrected chi connectivity index (χ4v) is 2.06. The number of nitrogens with one attached hydrogen (secondary N) is 1. The number of hydrogen-bond donors (Lipinski definition) is 1. The van der Waals surface area contributed by atoms with Gasteiger partial charge < -0.3 is 5.32 Å². The Hall–Kier alpha value is -1.38. The Balaban J connectivity index is 2.68. The molecule has 5 heteroatoms. The second kappa shape index (κ2) is 7.14. The molecule has 0 aliphatic heterocycles. The largest absolute Gasteiger partial charge is 0.309 e. The van der Waals surface area contributed by atoms with Crippen molar-refractivity contribution in [2.75, 3.05) is 0 Å². The van der Waals surface area contributed by atoms with E-state index in [1.807, 2.05) is 0 Å². The summed E-state index contributed by atoms with van der Waals surface area (Å²) in [5, 5.41) is 13.9. The summed E-state index contributed by atoms with van der Waals surface area (Å²) < 4.78 is 0.736. The summed E-state index contributed by atoms with van der Waals surface area (Å²) in [7, 11) is 0. The van der Waals surface area contributed by atoms with Gasteiger partial charge in [-0.15, -0.1) is 12.3 Å². The van der Waals surface area contributed by atoms with Crippen LogP contribution in [-0.4, -0.2) is 11.0 Å². The van der Waals surface area contributed by atoms with Gasteiger partial charge in [-0.1, -0.05) is 22.9 Å². The van der Waals surface area contributed by atoms with Crippen LogP contribution >= 0.6 is 15.9 Å². The molecule has 0 saturated heterocycles. The third kappa shape index (κ3) is 4.13. The van der Waals surface area contributed by atoms with Crippen LogP contribution in [0.15, 0.2) is 22.7 Å². The molecule has 96 valence electrons. The summed E-state index contributed by atoms with van der Waals surface area (Å²) in [6.45, 7) is 2.71. The molecular weight excluding hydrogens is 296 g/mol. The van der Waals surface area contributed by atoms with Crippen LogP contribution < -0.4 is 5.32 Å². The minimum atomic E-state index is -0.408. The summed E-state index contributed by atoms with van der Waals surface area (Å²) in [6.07, 6.45) is 6.92. The molecule has 1 atom stereocenters. The second-order valence-corrected chi connectivity index (χ2v) is 4.78. The van der Waals surface area contributed by atoms with Crippen LogP contribution in [0.25, 0.3) is 0 Å². The minimum Gasteiger partial charge on any atom is -0.309 e. The van der Waals surface area contributed by atoms with Gasteiger partial charge in [0.15, 0.2) is 0 Å². The maximum Gasteiger partial charge on any atom is 0.270 e. The zero-order valence-corrected chi connectivity index (χ0v) is 11.7. The lowest BCUT2D eigenvalue weighted by atomic mass is 10.1. The number of hydrogen-bond acceptors (Lipinski definition) is 3.